The summed E-state index contributed by atoms with van der Waals surface area (Å²) in [5, 5.41) is 11.6. The van der Waals surface area contributed by atoms with Crippen molar-refractivity contribution < 1.29 is 0 Å². The number of hydrogen-bond acceptors (Lipinski definition) is 4. The third kappa shape index (κ3) is 1.40. The molecule has 0 aliphatic carbocycles. The highest BCUT2D eigenvalue weighted by Crippen LogP contribution is 2.19. The van der Waals surface area contributed by atoms with Crippen LogP contribution in [0.5, 0.6) is 0 Å². The molecule has 5 nitrogen and oxygen atoms in total. The summed E-state index contributed by atoms with van der Waals surface area (Å²) in [5.74, 6) is 1.12. The van der Waals surface area contributed by atoms with Crippen LogP contribution in [0, 0.1) is 0 Å². The normalized spacial score (nSPS) is 10.2. The van der Waals surface area contributed by atoms with Crippen molar-refractivity contribution in [2.45, 2.75) is 0 Å². The lowest BCUT2D eigenvalue weighted by Crippen LogP contribution is -2.04. The van der Waals surface area contributed by atoms with E-state index < -0.39 is 0 Å². The summed E-state index contributed by atoms with van der Waals surface area (Å²) >= 11 is 3.26. The Labute approximate surface area is 82.7 Å². The van der Waals surface area contributed by atoms with Gasteiger partial charge in [-0.05, 0) is 28.1 Å². The molecular weight excluding hydrogens is 234 g/mol. The fraction of sp³-hybridized carbons (Fsp3) is 0. The van der Waals surface area contributed by atoms with Crippen LogP contribution in [0.4, 0.5) is 5.82 Å². The molecule has 2 N–H and O–H groups in total. The summed E-state index contributed by atoms with van der Waals surface area (Å²) in [6, 6.07) is 3.56. The number of nitrogens with zero attached hydrogens (tertiary/aromatic N) is 4. The molecule has 0 radical (unpaired) electrons. The van der Waals surface area contributed by atoms with E-state index in [0.29, 0.717) is 11.6 Å². The molecule has 2 rings (SSSR count). The highest BCUT2D eigenvalue weighted by Gasteiger charge is 2.06. The number of halogens is 1. The van der Waals surface area contributed by atoms with E-state index in [9.17, 15) is 0 Å². The van der Waals surface area contributed by atoms with Crippen molar-refractivity contribution in [1.29, 1.82) is 0 Å². The standard InChI is InChI=1S/C7H6BrN5/c8-5-4-11-13(7(5)9)6-2-1-3-10-12-6/h1-4H,9H2. The molecule has 2 heterocycles. The number of nitrogens with two attached hydrogens (primary N) is 1. The Balaban J connectivity index is 2.53. The molecule has 2 aromatic heterocycles. The minimum Gasteiger partial charge on any atom is -0.383 e. The number of anilines is 1. The molecule has 13 heavy (non-hydrogen) atoms. The second-order valence-electron chi connectivity index (χ2n) is 2.37. The predicted molar refractivity (Wildman–Crippen MR) is 51.3 cm³/mol. The predicted octanol–water partition coefficient (Wildman–Crippen LogP) is 1.01. The van der Waals surface area contributed by atoms with Gasteiger partial charge in [-0.2, -0.15) is 14.9 Å². The van der Waals surface area contributed by atoms with E-state index >= 15 is 0 Å². The van der Waals surface area contributed by atoms with Gasteiger partial charge < -0.3 is 5.73 Å². The van der Waals surface area contributed by atoms with Gasteiger partial charge in [0.15, 0.2) is 5.82 Å². The average Bonchev–Trinajstić information content (AvgIpc) is 2.49. The third-order valence-electron chi connectivity index (χ3n) is 1.53. The number of aromatic nitrogens is 4. The van der Waals surface area contributed by atoms with Crippen LogP contribution in [0.3, 0.4) is 0 Å². The van der Waals surface area contributed by atoms with Gasteiger partial charge in [0.25, 0.3) is 0 Å². The lowest BCUT2D eigenvalue weighted by atomic mass is 10.5. The zero-order chi connectivity index (χ0) is 9.26. The molecule has 0 aliphatic rings. The minimum absolute atomic E-state index is 0.514. The van der Waals surface area contributed by atoms with Crippen molar-refractivity contribution in [3.8, 4) is 5.82 Å². The first-order valence-electron chi connectivity index (χ1n) is 3.56. The zero-order valence-corrected chi connectivity index (χ0v) is 8.14. The van der Waals surface area contributed by atoms with Crippen LogP contribution in [0.1, 0.15) is 0 Å². The van der Waals surface area contributed by atoms with Gasteiger partial charge in [0.2, 0.25) is 0 Å². The second-order valence-corrected chi connectivity index (χ2v) is 3.23. The average molecular weight is 240 g/mol. The Morgan fingerprint density at radius 2 is 2.31 bits per heavy atom. The van der Waals surface area contributed by atoms with Crippen LogP contribution in [0.25, 0.3) is 5.82 Å². The summed E-state index contributed by atoms with van der Waals surface area (Å²) in [7, 11) is 0. The lowest BCUT2D eigenvalue weighted by molar-refractivity contribution is 0.823. The molecule has 2 aromatic rings. The van der Waals surface area contributed by atoms with Gasteiger partial charge in [0.05, 0.1) is 10.7 Å². The smallest absolute Gasteiger partial charge is 0.178 e. The number of rotatable bonds is 1. The third-order valence-corrected chi connectivity index (χ3v) is 2.15. The highest BCUT2D eigenvalue weighted by molar-refractivity contribution is 9.10. The molecule has 0 amide bonds. The molecule has 0 saturated heterocycles. The maximum Gasteiger partial charge on any atom is 0.178 e. The van der Waals surface area contributed by atoms with Crippen molar-refractivity contribution in [3.05, 3.63) is 29.0 Å². The summed E-state index contributed by atoms with van der Waals surface area (Å²) in [4.78, 5) is 0. The summed E-state index contributed by atoms with van der Waals surface area (Å²) in [6.45, 7) is 0. The highest BCUT2D eigenvalue weighted by atomic mass is 79.9. The molecule has 66 valence electrons. The van der Waals surface area contributed by atoms with E-state index in [-0.39, 0.29) is 0 Å². The molecule has 0 aliphatic heterocycles. The molecule has 0 spiro atoms. The van der Waals surface area contributed by atoms with E-state index in [1.54, 1.807) is 24.5 Å². The van der Waals surface area contributed by atoms with E-state index in [0.717, 1.165) is 4.47 Å². The van der Waals surface area contributed by atoms with Gasteiger partial charge >= 0.3 is 0 Å². The monoisotopic (exact) mass is 239 g/mol. The van der Waals surface area contributed by atoms with Gasteiger partial charge in [-0.3, -0.25) is 0 Å². The van der Waals surface area contributed by atoms with Crippen molar-refractivity contribution >= 4 is 21.7 Å². The SMILES string of the molecule is Nc1c(Br)cnn1-c1cccnn1. The van der Waals surface area contributed by atoms with Crippen LogP contribution in [0.15, 0.2) is 29.0 Å². The van der Waals surface area contributed by atoms with E-state index in [4.69, 9.17) is 5.73 Å². The fourth-order valence-electron chi connectivity index (χ4n) is 0.927. The largest absolute Gasteiger partial charge is 0.383 e. The molecule has 0 fully saturated rings. The summed E-state index contributed by atoms with van der Waals surface area (Å²) < 4.78 is 2.26. The van der Waals surface area contributed by atoms with Gasteiger partial charge in [0, 0.05) is 6.20 Å². The van der Waals surface area contributed by atoms with Crippen LogP contribution < -0.4 is 5.73 Å². The maximum absolute atomic E-state index is 5.72. The Hall–Kier alpha value is -1.43. The molecular formula is C7H6BrN5. The Bertz CT molecular complexity index is 410. The Kier molecular flexibility index (Phi) is 1.97. The van der Waals surface area contributed by atoms with Crippen LogP contribution in [-0.4, -0.2) is 20.0 Å². The van der Waals surface area contributed by atoms with E-state index in [1.807, 2.05) is 0 Å². The van der Waals surface area contributed by atoms with Gasteiger partial charge in [-0.15, -0.1) is 5.10 Å². The van der Waals surface area contributed by atoms with Crippen LogP contribution in [-0.2, 0) is 0 Å². The first-order chi connectivity index (χ1) is 6.29. The quantitative estimate of drug-likeness (QED) is 0.807. The van der Waals surface area contributed by atoms with Crippen molar-refractivity contribution in [2.24, 2.45) is 0 Å². The summed E-state index contributed by atoms with van der Waals surface area (Å²) in [5.41, 5.74) is 5.72. The Morgan fingerprint density at radius 3 is 2.85 bits per heavy atom. The number of nitrogen functional groups attached to an aromatic ring is 1. The first-order valence-corrected chi connectivity index (χ1v) is 4.35. The van der Waals surface area contributed by atoms with E-state index in [2.05, 4.69) is 31.2 Å². The van der Waals surface area contributed by atoms with E-state index in [1.165, 1.54) is 4.68 Å². The summed E-state index contributed by atoms with van der Waals surface area (Å²) in [6.07, 6.45) is 3.21. The molecule has 0 bridgehead atoms. The minimum atomic E-state index is 0.514. The van der Waals surface area contributed by atoms with Gasteiger partial charge in [-0.1, -0.05) is 0 Å². The molecule has 0 saturated carbocycles. The lowest BCUT2D eigenvalue weighted by Gasteiger charge is -2.00. The second kappa shape index (κ2) is 3.14. The zero-order valence-electron chi connectivity index (χ0n) is 6.55. The molecule has 0 unspecified atom stereocenters. The van der Waals surface area contributed by atoms with Crippen LogP contribution >= 0.6 is 15.9 Å². The molecule has 0 atom stereocenters. The molecule has 0 aromatic carbocycles. The van der Waals surface area contributed by atoms with Crippen molar-refractivity contribution in [2.75, 3.05) is 5.73 Å². The van der Waals surface area contributed by atoms with Gasteiger partial charge in [-0.25, -0.2) is 0 Å². The van der Waals surface area contributed by atoms with Gasteiger partial charge in [0.1, 0.15) is 5.82 Å². The fourth-order valence-corrected chi connectivity index (χ4v) is 1.19. The van der Waals surface area contributed by atoms with Crippen molar-refractivity contribution in [1.82, 2.24) is 20.0 Å². The Morgan fingerprint density at radius 1 is 1.46 bits per heavy atom. The van der Waals surface area contributed by atoms with Crippen molar-refractivity contribution in [3.63, 3.8) is 0 Å². The number of hydrogen-bond donors (Lipinski definition) is 1. The maximum atomic E-state index is 5.72. The topological polar surface area (TPSA) is 69.6 Å². The van der Waals surface area contributed by atoms with Crippen LogP contribution in [0.2, 0.25) is 0 Å². The molecule has 6 heteroatoms. The first kappa shape index (κ1) is 8.18.